The highest BCUT2D eigenvalue weighted by molar-refractivity contribution is 6.01. The van der Waals surface area contributed by atoms with E-state index in [0.717, 1.165) is 22.2 Å². The summed E-state index contributed by atoms with van der Waals surface area (Å²) in [5.41, 5.74) is 4.20. The Hall–Kier alpha value is -4.01. The van der Waals surface area contributed by atoms with Crippen LogP contribution in [-0.2, 0) is 27.3 Å². The van der Waals surface area contributed by atoms with Crippen molar-refractivity contribution in [3.05, 3.63) is 53.2 Å². The number of hydrogen-bond acceptors (Lipinski definition) is 6. The first kappa shape index (κ1) is 21.5. The van der Waals surface area contributed by atoms with Gasteiger partial charge in [-0.15, -0.1) is 0 Å². The Morgan fingerprint density at radius 1 is 1.09 bits per heavy atom. The SMILES string of the molecule is COC(=O)c1ccc2[nH]c3c(c2c1)CN(C(=O)C1CC(=O)N(c2ccc4c(c2)OCCO4)C1)CC3. The second kappa shape index (κ2) is 8.33. The number of methoxy groups -OCH3 is 1. The lowest BCUT2D eigenvalue weighted by atomic mass is 10.0. The maximum absolute atomic E-state index is 13.5. The predicted molar refractivity (Wildman–Crippen MR) is 127 cm³/mol. The molecule has 3 aromatic rings. The molecule has 2 aromatic carbocycles. The van der Waals surface area contributed by atoms with Crippen LogP contribution in [0.5, 0.6) is 11.5 Å². The monoisotopic (exact) mass is 475 g/mol. The summed E-state index contributed by atoms with van der Waals surface area (Å²) in [6, 6.07) is 10.8. The Morgan fingerprint density at radius 3 is 2.74 bits per heavy atom. The van der Waals surface area contributed by atoms with E-state index in [1.54, 1.807) is 23.1 Å². The quantitative estimate of drug-likeness (QED) is 0.585. The smallest absolute Gasteiger partial charge is 0.337 e. The maximum Gasteiger partial charge on any atom is 0.337 e. The Labute approximate surface area is 201 Å². The third-order valence-electron chi connectivity index (χ3n) is 7.02. The van der Waals surface area contributed by atoms with E-state index in [1.807, 2.05) is 23.1 Å². The first-order chi connectivity index (χ1) is 17.0. The van der Waals surface area contributed by atoms with E-state index in [-0.39, 0.29) is 18.2 Å². The Balaban J connectivity index is 1.21. The average molecular weight is 476 g/mol. The summed E-state index contributed by atoms with van der Waals surface area (Å²) >= 11 is 0. The van der Waals surface area contributed by atoms with E-state index < -0.39 is 11.9 Å². The van der Waals surface area contributed by atoms with Crippen molar-refractivity contribution in [2.24, 2.45) is 5.92 Å². The number of hydrogen-bond donors (Lipinski definition) is 1. The normalized spacial score (nSPS) is 19.1. The lowest BCUT2D eigenvalue weighted by molar-refractivity contribution is -0.136. The molecule has 1 N–H and O–H groups in total. The molecule has 0 radical (unpaired) electrons. The van der Waals surface area contributed by atoms with Gasteiger partial charge in [0.05, 0.1) is 18.6 Å². The number of anilines is 1. The molecule has 3 aliphatic rings. The van der Waals surface area contributed by atoms with Crippen molar-refractivity contribution in [1.29, 1.82) is 0 Å². The van der Waals surface area contributed by atoms with Crippen LogP contribution in [-0.4, -0.2) is 61.1 Å². The van der Waals surface area contributed by atoms with Crippen LogP contribution in [0.3, 0.4) is 0 Å². The van der Waals surface area contributed by atoms with Crippen LogP contribution < -0.4 is 14.4 Å². The summed E-state index contributed by atoms with van der Waals surface area (Å²) < 4.78 is 16.1. The lowest BCUT2D eigenvalue weighted by Crippen LogP contribution is -2.40. The van der Waals surface area contributed by atoms with Crippen molar-refractivity contribution in [2.45, 2.75) is 19.4 Å². The predicted octanol–water partition coefficient (Wildman–Crippen LogP) is 2.66. The number of aromatic nitrogens is 1. The van der Waals surface area contributed by atoms with Gasteiger partial charge in [-0.05, 0) is 30.3 Å². The number of nitrogens with zero attached hydrogens (tertiary/aromatic N) is 2. The molecule has 9 nitrogen and oxygen atoms in total. The minimum absolute atomic E-state index is 0.0254. The van der Waals surface area contributed by atoms with Gasteiger partial charge in [0.1, 0.15) is 13.2 Å². The molecular formula is C26H25N3O6. The number of aromatic amines is 1. The summed E-state index contributed by atoms with van der Waals surface area (Å²) in [7, 11) is 1.36. The largest absolute Gasteiger partial charge is 0.486 e. The van der Waals surface area contributed by atoms with Crippen LogP contribution in [0.4, 0.5) is 5.69 Å². The zero-order valence-electron chi connectivity index (χ0n) is 19.3. The van der Waals surface area contributed by atoms with E-state index in [9.17, 15) is 14.4 Å². The molecule has 4 heterocycles. The van der Waals surface area contributed by atoms with Crippen LogP contribution in [0.2, 0.25) is 0 Å². The molecule has 0 bridgehead atoms. The summed E-state index contributed by atoms with van der Waals surface area (Å²) in [6.45, 7) is 2.33. The Bertz CT molecular complexity index is 1360. The molecular weight excluding hydrogens is 450 g/mol. The summed E-state index contributed by atoms with van der Waals surface area (Å²) in [5, 5.41) is 0.917. The Kier molecular flexibility index (Phi) is 5.12. The van der Waals surface area contributed by atoms with E-state index in [4.69, 9.17) is 14.2 Å². The van der Waals surface area contributed by atoms with Gasteiger partial charge in [0.15, 0.2) is 11.5 Å². The maximum atomic E-state index is 13.5. The van der Waals surface area contributed by atoms with Gasteiger partial charge in [0.2, 0.25) is 11.8 Å². The third-order valence-corrected chi connectivity index (χ3v) is 7.02. The number of benzene rings is 2. The van der Waals surface area contributed by atoms with E-state index in [1.165, 1.54) is 7.11 Å². The molecule has 1 saturated heterocycles. The van der Waals surface area contributed by atoms with Crippen molar-refractivity contribution >= 4 is 34.4 Å². The third kappa shape index (κ3) is 3.67. The zero-order valence-corrected chi connectivity index (χ0v) is 19.3. The molecule has 1 fully saturated rings. The first-order valence-corrected chi connectivity index (χ1v) is 11.7. The average Bonchev–Trinajstić information content (AvgIpc) is 3.47. The minimum atomic E-state index is -0.409. The molecule has 1 atom stereocenters. The van der Waals surface area contributed by atoms with Crippen LogP contribution in [0.15, 0.2) is 36.4 Å². The second-order valence-corrected chi connectivity index (χ2v) is 9.08. The van der Waals surface area contributed by atoms with Crippen molar-refractivity contribution < 1.29 is 28.6 Å². The molecule has 0 saturated carbocycles. The number of rotatable bonds is 3. The Morgan fingerprint density at radius 2 is 1.91 bits per heavy atom. The van der Waals surface area contributed by atoms with E-state index in [2.05, 4.69) is 4.98 Å². The number of amides is 2. The standard InChI is InChI=1S/C26H25N3O6/c1-33-26(32)15-2-4-20-18(10-15)19-14-28(7-6-21(19)27-20)25(31)16-11-24(30)29(13-16)17-3-5-22-23(12-17)35-9-8-34-22/h2-5,10,12,16,27H,6-9,11,13-14H2,1H3. The van der Waals surface area contributed by atoms with Crippen molar-refractivity contribution in [2.75, 3.05) is 38.3 Å². The highest BCUT2D eigenvalue weighted by atomic mass is 16.6. The van der Waals surface area contributed by atoms with E-state index >= 15 is 0 Å². The number of fused-ring (bicyclic) bond motifs is 4. The van der Waals surface area contributed by atoms with Crippen LogP contribution in [0, 0.1) is 5.92 Å². The topological polar surface area (TPSA) is 101 Å². The van der Waals surface area contributed by atoms with Gasteiger partial charge in [-0.2, -0.15) is 0 Å². The molecule has 3 aliphatic heterocycles. The summed E-state index contributed by atoms with van der Waals surface area (Å²) in [6.07, 6.45) is 0.868. The highest BCUT2D eigenvalue weighted by Gasteiger charge is 2.38. The number of esters is 1. The van der Waals surface area contributed by atoms with Gasteiger partial charge >= 0.3 is 5.97 Å². The lowest BCUT2D eigenvalue weighted by Gasteiger charge is -2.29. The van der Waals surface area contributed by atoms with Gasteiger partial charge in [0.25, 0.3) is 0 Å². The number of H-pyrrole nitrogens is 1. The summed E-state index contributed by atoms with van der Waals surface area (Å²) in [5.74, 6) is 0.375. The minimum Gasteiger partial charge on any atom is -0.486 e. The number of ether oxygens (including phenoxy) is 3. The molecule has 1 aromatic heterocycles. The highest BCUT2D eigenvalue weighted by Crippen LogP contribution is 2.37. The zero-order chi connectivity index (χ0) is 24.1. The fourth-order valence-electron chi connectivity index (χ4n) is 5.23. The summed E-state index contributed by atoms with van der Waals surface area (Å²) in [4.78, 5) is 45.2. The van der Waals surface area contributed by atoms with E-state index in [0.29, 0.717) is 62.0 Å². The number of carbonyl (C=O) groups excluding carboxylic acids is 3. The molecule has 9 heteroatoms. The second-order valence-electron chi connectivity index (χ2n) is 9.08. The number of nitrogens with one attached hydrogen (secondary N) is 1. The molecule has 0 spiro atoms. The first-order valence-electron chi connectivity index (χ1n) is 11.7. The molecule has 180 valence electrons. The van der Waals surface area contributed by atoms with Gasteiger partial charge < -0.3 is 29.0 Å². The fraction of sp³-hybridized carbons (Fsp3) is 0.346. The van der Waals surface area contributed by atoms with Crippen molar-refractivity contribution in [1.82, 2.24) is 9.88 Å². The van der Waals surface area contributed by atoms with Gasteiger partial charge in [-0.25, -0.2) is 4.79 Å². The van der Waals surface area contributed by atoms with Crippen molar-refractivity contribution in [3.63, 3.8) is 0 Å². The fourth-order valence-corrected chi connectivity index (χ4v) is 5.23. The number of carbonyl (C=O) groups is 3. The van der Waals surface area contributed by atoms with Gasteiger partial charge in [-0.3, -0.25) is 9.59 Å². The molecule has 0 aliphatic carbocycles. The van der Waals surface area contributed by atoms with Crippen molar-refractivity contribution in [3.8, 4) is 11.5 Å². The van der Waals surface area contributed by atoms with Crippen LogP contribution in [0.25, 0.3) is 10.9 Å². The van der Waals surface area contributed by atoms with Gasteiger partial charge in [0, 0.05) is 66.4 Å². The van der Waals surface area contributed by atoms with Crippen LogP contribution in [0.1, 0.15) is 28.0 Å². The molecule has 1 unspecified atom stereocenters. The molecule has 2 amide bonds. The molecule has 35 heavy (non-hydrogen) atoms. The van der Waals surface area contributed by atoms with Crippen LogP contribution >= 0.6 is 0 Å². The molecule has 6 rings (SSSR count). The van der Waals surface area contributed by atoms with Gasteiger partial charge in [-0.1, -0.05) is 0 Å².